The number of allylic oxidation sites excluding steroid dienone is 4. The van der Waals surface area contributed by atoms with Crippen LogP contribution in [0.5, 0.6) is 0 Å². The number of thiazole rings is 1. The van der Waals surface area contributed by atoms with E-state index in [0.29, 0.717) is 39.9 Å². The Morgan fingerprint density at radius 2 is 2.02 bits per heavy atom. The Bertz CT molecular complexity index is 1640. The lowest BCUT2D eigenvalue weighted by atomic mass is 9.70. The van der Waals surface area contributed by atoms with E-state index in [1.54, 1.807) is 37.1 Å². The van der Waals surface area contributed by atoms with E-state index >= 15 is 0 Å². The van der Waals surface area contributed by atoms with Crippen LogP contribution in [0.3, 0.4) is 0 Å². The van der Waals surface area contributed by atoms with Crippen LogP contribution in [-0.4, -0.2) is 51.1 Å². The second kappa shape index (κ2) is 13.8. The number of para-hydroxylation sites is 1. The van der Waals surface area contributed by atoms with E-state index in [2.05, 4.69) is 28.8 Å². The number of benzene rings is 1. The predicted molar refractivity (Wildman–Crippen MR) is 182 cm³/mol. The first-order chi connectivity index (χ1) is 21.0. The minimum atomic E-state index is -0.901. The summed E-state index contributed by atoms with van der Waals surface area (Å²) in [5, 5.41) is 32.7. The highest BCUT2D eigenvalue weighted by molar-refractivity contribution is 7.22. The maximum Gasteiger partial charge on any atom is 0.299 e. The van der Waals surface area contributed by atoms with Crippen LogP contribution in [0, 0.1) is 10.8 Å². The summed E-state index contributed by atoms with van der Waals surface area (Å²) in [5.41, 5.74) is 16.9. The van der Waals surface area contributed by atoms with Crippen LogP contribution in [0.1, 0.15) is 52.9 Å². The van der Waals surface area contributed by atoms with E-state index in [9.17, 15) is 10.2 Å². The number of nitrogens with zero attached hydrogens (tertiary/aromatic N) is 4. The number of aliphatic hydroxyl groups is 2. The minimum Gasteiger partial charge on any atom is -0.480 e. The highest BCUT2D eigenvalue weighted by atomic mass is 32.1. The molecule has 1 saturated carbocycles. The standard InChI is InChI=1S/C33H42N8O2S/c1-6-33(15-9-10-20(2)17-33)19-37-22(4)24(18-34)23-13-14-28(39-29(23)31(42)43)41(5)27(35)16-21(3)30(36)40-32-38-25-11-7-8-12-26(25)44-32/h7-8,11-14,16,18,35,39,42-43H,2,6,9-10,15,17,19,34H2,1,3-5H3,(H2,36,38,40). The molecule has 0 saturated heterocycles. The molecule has 0 amide bonds. The van der Waals surface area contributed by atoms with Crippen molar-refractivity contribution in [3.05, 3.63) is 95.0 Å². The van der Waals surface area contributed by atoms with Gasteiger partial charge in [0.15, 0.2) is 0 Å². The third-order valence-electron chi connectivity index (χ3n) is 8.24. The van der Waals surface area contributed by atoms with Gasteiger partial charge in [-0.3, -0.25) is 10.4 Å². The molecule has 232 valence electrons. The number of hydrogen-bond acceptors (Lipinski definition) is 9. The summed E-state index contributed by atoms with van der Waals surface area (Å²) >= 11 is 1.44. The van der Waals surface area contributed by atoms with Gasteiger partial charge in [0.2, 0.25) is 5.13 Å². The highest BCUT2D eigenvalue weighted by Gasteiger charge is 2.32. The zero-order chi connectivity index (χ0) is 32.0. The van der Waals surface area contributed by atoms with Gasteiger partial charge in [0.25, 0.3) is 5.95 Å². The maximum atomic E-state index is 10.2. The van der Waals surface area contributed by atoms with Gasteiger partial charge in [0.1, 0.15) is 23.2 Å². The molecule has 11 heteroatoms. The summed E-state index contributed by atoms with van der Waals surface area (Å²) < 4.78 is 1.02. The topological polar surface area (TPSA) is 169 Å². The number of fused-ring (bicyclic) bond motifs is 1. The van der Waals surface area contributed by atoms with Crippen LogP contribution < -0.4 is 16.8 Å². The fourth-order valence-electron chi connectivity index (χ4n) is 5.43. The first kappa shape index (κ1) is 32.3. The molecule has 4 rings (SSSR count). The monoisotopic (exact) mass is 614 g/mol. The number of nitrogens with two attached hydrogens (primary N) is 2. The molecule has 2 heterocycles. The van der Waals surface area contributed by atoms with Gasteiger partial charge in [-0.25, -0.2) is 9.98 Å². The van der Waals surface area contributed by atoms with E-state index in [-0.39, 0.29) is 22.8 Å². The average Bonchev–Trinajstić information content (AvgIpc) is 3.42. The molecule has 1 unspecified atom stereocenters. The van der Waals surface area contributed by atoms with E-state index in [4.69, 9.17) is 21.9 Å². The number of aliphatic imine (C=N–C) groups is 2. The van der Waals surface area contributed by atoms with Crippen molar-refractivity contribution < 1.29 is 10.2 Å². The first-order valence-electron chi connectivity index (χ1n) is 14.6. The molecule has 0 spiro atoms. The summed E-state index contributed by atoms with van der Waals surface area (Å²) in [7, 11) is 1.69. The van der Waals surface area contributed by atoms with Crippen molar-refractivity contribution in [2.75, 3.05) is 13.6 Å². The number of amidine groups is 2. The average molecular weight is 615 g/mol. The lowest BCUT2D eigenvalue weighted by Gasteiger charge is -2.36. The highest BCUT2D eigenvalue weighted by Crippen LogP contribution is 2.41. The lowest BCUT2D eigenvalue weighted by Crippen LogP contribution is -2.35. The van der Waals surface area contributed by atoms with Crippen molar-refractivity contribution >= 4 is 44.1 Å². The van der Waals surface area contributed by atoms with E-state index < -0.39 is 5.95 Å². The molecular weight excluding hydrogens is 572 g/mol. The molecule has 2 aliphatic rings. The van der Waals surface area contributed by atoms with Gasteiger partial charge in [0, 0.05) is 36.7 Å². The molecular formula is C33H42N8O2S. The Labute approximate surface area is 262 Å². The third kappa shape index (κ3) is 7.28. The number of nitrogens with one attached hydrogen (secondary N) is 2. The summed E-state index contributed by atoms with van der Waals surface area (Å²) in [6, 6.07) is 7.76. The van der Waals surface area contributed by atoms with E-state index in [0.717, 1.165) is 42.3 Å². The molecule has 2 aromatic rings. The lowest BCUT2D eigenvalue weighted by molar-refractivity contribution is 0.183. The molecule has 8 N–H and O–H groups in total. The summed E-state index contributed by atoms with van der Waals surface area (Å²) in [6.07, 6.45) is 11.8. The molecule has 1 aliphatic heterocycles. The molecule has 1 fully saturated rings. The van der Waals surface area contributed by atoms with Crippen molar-refractivity contribution in [2.45, 2.75) is 52.9 Å². The van der Waals surface area contributed by atoms with Gasteiger partial charge in [-0.1, -0.05) is 42.5 Å². The van der Waals surface area contributed by atoms with Crippen molar-refractivity contribution in [3.8, 4) is 0 Å². The quantitative estimate of drug-likeness (QED) is 0.0797. The molecule has 0 bridgehead atoms. The number of dihydropyridines is 1. The zero-order valence-electron chi connectivity index (χ0n) is 25.8. The van der Waals surface area contributed by atoms with Crippen molar-refractivity contribution in [3.63, 3.8) is 0 Å². The van der Waals surface area contributed by atoms with E-state index in [1.165, 1.54) is 23.1 Å². The second-order valence-electron chi connectivity index (χ2n) is 11.3. The van der Waals surface area contributed by atoms with Crippen LogP contribution in [-0.2, 0) is 0 Å². The van der Waals surface area contributed by atoms with Crippen molar-refractivity contribution in [1.29, 1.82) is 5.41 Å². The van der Waals surface area contributed by atoms with Crippen molar-refractivity contribution in [1.82, 2.24) is 15.2 Å². The van der Waals surface area contributed by atoms with Crippen LogP contribution in [0.2, 0.25) is 0 Å². The van der Waals surface area contributed by atoms with Gasteiger partial charge in [-0.05, 0) is 87.3 Å². The van der Waals surface area contributed by atoms with Gasteiger partial charge in [0.05, 0.1) is 10.2 Å². The summed E-state index contributed by atoms with van der Waals surface area (Å²) in [4.78, 5) is 15.4. The Morgan fingerprint density at radius 3 is 2.68 bits per heavy atom. The molecule has 44 heavy (non-hydrogen) atoms. The van der Waals surface area contributed by atoms with Gasteiger partial charge >= 0.3 is 0 Å². The third-order valence-corrected chi connectivity index (χ3v) is 9.17. The number of hydrogen-bond donors (Lipinski definition) is 6. The number of rotatable bonds is 9. The molecule has 1 aliphatic carbocycles. The van der Waals surface area contributed by atoms with Crippen LogP contribution >= 0.6 is 11.3 Å². The first-order valence-corrected chi connectivity index (χ1v) is 15.4. The summed E-state index contributed by atoms with van der Waals surface area (Å²) in [6.45, 7) is 10.7. The number of aromatic nitrogens is 1. The van der Waals surface area contributed by atoms with Crippen LogP contribution in [0.25, 0.3) is 10.2 Å². The molecule has 1 aromatic heterocycles. The Balaban J connectivity index is 1.53. The predicted octanol–water partition coefficient (Wildman–Crippen LogP) is 6.63. The minimum absolute atomic E-state index is 0.0577. The molecule has 10 nitrogen and oxygen atoms in total. The largest absolute Gasteiger partial charge is 0.480 e. The molecule has 1 aromatic carbocycles. The van der Waals surface area contributed by atoms with Crippen LogP contribution in [0.4, 0.5) is 5.13 Å². The van der Waals surface area contributed by atoms with Gasteiger partial charge in [-0.2, -0.15) is 0 Å². The molecule has 0 radical (unpaired) electrons. The number of aliphatic hydroxyl groups excluding tert-OH is 1. The zero-order valence-corrected chi connectivity index (χ0v) is 26.6. The summed E-state index contributed by atoms with van der Waals surface area (Å²) in [5.74, 6) is -0.111. The Kier molecular flexibility index (Phi) is 10.1. The van der Waals surface area contributed by atoms with Gasteiger partial charge in [-0.15, -0.1) is 0 Å². The number of likely N-dealkylation sites (N-methyl/N-ethyl adjacent to an activating group) is 1. The second-order valence-corrected chi connectivity index (χ2v) is 12.3. The fourth-order valence-corrected chi connectivity index (χ4v) is 6.28. The Morgan fingerprint density at radius 1 is 1.27 bits per heavy atom. The van der Waals surface area contributed by atoms with Gasteiger partial charge < -0.3 is 31.9 Å². The Hall–Kier alpha value is -4.64. The van der Waals surface area contributed by atoms with E-state index in [1.807, 2.05) is 31.2 Å². The van der Waals surface area contributed by atoms with Crippen LogP contribution in [0.15, 0.2) is 105 Å². The van der Waals surface area contributed by atoms with Crippen molar-refractivity contribution in [2.24, 2.45) is 26.9 Å². The molecule has 1 atom stereocenters. The maximum absolute atomic E-state index is 10.2. The normalized spacial score (nSPS) is 20.3. The fraction of sp³-hybridized carbons (Fsp3) is 0.333. The smallest absolute Gasteiger partial charge is 0.299 e. The SMILES string of the molecule is C=C1CCCC(CC)(CN=C(C)C(=CN)C2=CC=C(N(C)C(=N)C=C(C)C(N)=Nc3nc4ccccc4s3)NC2=C(O)O)C1.